The number of hydrogen-bond acceptors (Lipinski definition) is 2. The van der Waals surface area contributed by atoms with Crippen LogP contribution < -0.4 is 0 Å². The molecule has 1 aliphatic rings. The van der Waals surface area contributed by atoms with Crippen molar-refractivity contribution in [3.63, 3.8) is 0 Å². The van der Waals surface area contributed by atoms with Crippen molar-refractivity contribution in [3.8, 4) is 0 Å². The number of alkyl halides is 2. The molecule has 1 rings (SSSR count). The Hall–Kier alpha value is 0.430. The summed E-state index contributed by atoms with van der Waals surface area (Å²) in [5, 5.41) is 0. The molecule has 0 aromatic carbocycles. The molecule has 1 saturated carbocycles. The molecule has 0 amide bonds. The third kappa shape index (κ3) is 2.22. The van der Waals surface area contributed by atoms with Crippen LogP contribution in [0.1, 0.15) is 19.3 Å². The number of methoxy groups -OCH3 is 1. The van der Waals surface area contributed by atoms with E-state index in [0.29, 0.717) is 5.92 Å². The summed E-state index contributed by atoms with van der Waals surface area (Å²) in [6.45, 7) is 0. The lowest BCUT2D eigenvalue weighted by atomic mass is 9.98. The van der Waals surface area contributed by atoms with Gasteiger partial charge in [0.05, 0.1) is 16.8 Å². The van der Waals surface area contributed by atoms with Crippen molar-refractivity contribution in [3.05, 3.63) is 0 Å². The highest BCUT2D eigenvalue weighted by molar-refractivity contribution is 9.24. The molecule has 0 bridgehead atoms. The van der Waals surface area contributed by atoms with Crippen molar-refractivity contribution in [2.24, 2.45) is 11.8 Å². The second kappa shape index (κ2) is 4.61. The highest BCUT2D eigenvalue weighted by Gasteiger charge is 2.36. The molecule has 1 aliphatic carbocycles. The molecule has 0 aromatic rings. The van der Waals surface area contributed by atoms with E-state index in [0.717, 1.165) is 19.3 Å². The number of carbonyl (C=O) groups excluding carboxylic acids is 1. The van der Waals surface area contributed by atoms with Crippen molar-refractivity contribution >= 4 is 37.8 Å². The van der Waals surface area contributed by atoms with Crippen LogP contribution in [-0.2, 0) is 9.53 Å². The first-order valence-electron chi connectivity index (χ1n) is 4.02. The summed E-state index contributed by atoms with van der Waals surface area (Å²) in [4.78, 5) is 11.3. The maximum absolute atomic E-state index is 11.3. The maximum Gasteiger partial charge on any atom is 0.309 e. The quantitative estimate of drug-likeness (QED) is 0.579. The molecule has 0 radical (unpaired) electrons. The van der Waals surface area contributed by atoms with Crippen molar-refractivity contribution in [2.75, 3.05) is 7.11 Å². The summed E-state index contributed by atoms with van der Waals surface area (Å²) in [6.07, 6.45) is 3.18. The molecule has 2 atom stereocenters. The minimum atomic E-state index is -0.0681. The standard InChI is InChI=1S/C8H12Br2O2/c1-12-8(11)6-4-2-3-5(6)7(9)10/h5-7H,2-4H2,1H3/t5-,6-/m1/s1. The van der Waals surface area contributed by atoms with Crippen molar-refractivity contribution in [1.29, 1.82) is 0 Å². The van der Waals surface area contributed by atoms with Gasteiger partial charge in [-0.25, -0.2) is 0 Å². The fourth-order valence-corrected chi connectivity index (χ4v) is 3.00. The first-order valence-corrected chi connectivity index (χ1v) is 5.86. The molecule has 0 spiro atoms. The van der Waals surface area contributed by atoms with Crippen LogP contribution in [-0.4, -0.2) is 16.8 Å². The fraction of sp³-hybridized carbons (Fsp3) is 0.875. The number of esters is 1. The Morgan fingerprint density at radius 1 is 1.50 bits per heavy atom. The van der Waals surface area contributed by atoms with Gasteiger partial charge in [0.2, 0.25) is 0 Å². The molecule has 1 fully saturated rings. The van der Waals surface area contributed by atoms with Crippen molar-refractivity contribution in [1.82, 2.24) is 0 Å². The first kappa shape index (κ1) is 10.5. The second-order valence-electron chi connectivity index (χ2n) is 3.06. The van der Waals surface area contributed by atoms with Crippen LogP contribution in [0.15, 0.2) is 0 Å². The van der Waals surface area contributed by atoms with Gasteiger partial charge >= 0.3 is 5.97 Å². The molecule has 0 aliphatic heterocycles. The Bertz CT molecular complexity index is 170. The molecular formula is C8H12Br2O2. The van der Waals surface area contributed by atoms with Gasteiger partial charge in [0.1, 0.15) is 0 Å². The van der Waals surface area contributed by atoms with E-state index in [4.69, 9.17) is 4.74 Å². The van der Waals surface area contributed by atoms with E-state index in [-0.39, 0.29) is 15.6 Å². The van der Waals surface area contributed by atoms with E-state index in [9.17, 15) is 4.79 Å². The maximum atomic E-state index is 11.3. The van der Waals surface area contributed by atoms with E-state index in [1.807, 2.05) is 0 Å². The van der Waals surface area contributed by atoms with Crippen LogP contribution in [0.5, 0.6) is 0 Å². The number of carbonyl (C=O) groups is 1. The molecule has 0 unspecified atom stereocenters. The van der Waals surface area contributed by atoms with Gasteiger partial charge in [-0.2, -0.15) is 0 Å². The average molecular weight is 300 g/mol. The summed E-state index contributed by atoms with van der Waals surface area (Å²) < 4.78 is 4.97. The van der Waals surface area contributed by atoms with Crippen molar-refractivity contribution in [2.45, 2.75) is 23.0 Å². The van der Waals surface area contributed by atoms with Crippen LogP contribution >= 0.6 is 31.9 Å². The van der Waals surface area contributed by atoms with Crippen LogP contribution in [0.25, 0.3) is 0 Å². The molecule has 2 nitrogen and oxygen atoms in total. The topological polar surface area (TPSA) is 26.3 Å². The third-order valence-corrected chi connectivity index (χ3v) is 3.76. The monoisotopic (exact) mass is 298 g/mol. The minimum Gasteiger partial charge on any atom is -0.469 e. The Kier molecular flexibility index (Phi) is 4.03. The summed E-state index contributed by atoms with van der Waals surface area (Å²) >= 11 is 6.90. The second-order valence-corrected chi connectivity index (χ2v) is 6.26. The van der Waals surface area contributed by atoms with Gasteiger partial charge in [0.15, 0.2) is 0 Å². The number of hydrogen-bond donors (Lipinski definition) is 0. The lowest BCUT2D eigenvalue weighted by Crippen LogP contribution is -2.23. The minimum absolute atomic E-state index is 0.0681. The Labute approximate surface area is 89.3 Å². The van der Waals surface area contributed by atoms with Gasteiger partial charge in [-0.15, -0.1) is 0 Å². The summed E-state index contributed by atoms with van der Waals surface area (Å²) in [5.74, 6) is 0.401. The lowest BCUT2D eigenvalue weighted by Gasteiger charge is -2.18. The molecule has 0 N–H and O–H groups in total. The number of halogens is 2. The van der Waals surface area contributed by atoms with E-state index in [1.165, 1.54) is 7.11 Å². The third-order valence-electron chi connectivity index (χ3n) is 2.40. The molecule has 70 valence electrons. The molecule has 0 aromatic heterocycles. The molecular weight excluding hydrogens is 288 g/mol. The van der Waals surface area contributed by atoms with E-state index >= 15 is 0 Å². The predicted octanol–water partition coefficient (Wildman–Crippen LogP) is 2.69. The molecule has 0 saturated heterocycles. The molecule has 4 heteroatoms. The fourth-order valence-electron chi connectivity index (χ4n) is 1.73. The highest BCUT2D eigenvalue weighted by atomic mass is 79.9. The van der Waals surface area contributed by atoms with E-state index in [1.54, 1.807) is 0 Å². The van der Waals surface area contributed by atoms with E-state index in [2.05, 4.69) is 31.9 Å². The van der Waals surface area contributed by atoms with Gasteiger partial charge in [0, 0.05) is 0 Å². The first-order chi connectivity index (χ1) is 5.66. The SMILES string of the molecule is COC(=O)[C@@H]1CCC[C@H]1C(Br)Br. The smallest absolute Gasteiger partial charge is 0.309 e. The molecule has 12 heavy (non-hydrogen) atoms. The number of rotatable bonds is 2. The summed E-state index contributed by atoms with van der Waals surface area (Å²) in [7, 11) is 1.45. The number of ether oxygens (including phenoxy) is 1. The summed E-state index contributed by atoms with van der Waals surface area (Å²) in [5.41, 5.74) is 0. The van der Waals surface area contributed by atoms with Crippen LogP contribution in [0.2, 0.25) is 0 Å². The predicted molar refractivity (Wildman–Crippen MR) is 54.5 cm³/mol. The Morgan fingerprint density at radius 2 is 2.17 bits per heavy atom. The van der Waals surface area contributed by atoms with Crippen LogP contribution in [0.4, 0.5) is 0 Å². The van der Waals surface area contributed by atoms with Gasteiger partial charge < -0.3 is 4.74 Å². The van der Waals surface area contributed by atoms with Crippen LogP contribution in [0.3, 0.4) is 0 Å². The van der Waals surface area contributed by atoms with Crippen molar-refractivity contribution < 1.29 is 9.53 Å². The highest BCUT2D eigenvalue weighted by Crippen LogP contribution is 2.39. The summed E-state index contributed by atoms with van der Waals surface area (Å²) in [6, 6.07) is 0. The zero-order valence-electron chi connectivity index (χ0n) is 6.93. The molecule has 0 heterocycles. The lowest BCUT2D eigenvalue weighted by molar-refractivity contribution is -0.146. The Balaban J connectivity index is 2.57. The van der Waals surface area contributed by atoms with Gasteiger partial charge in [-0.1, -0.05) is 38.3 Å². The van der Waals surface area contributed by atoms with Gasteiger partial charge in [0.25, 0.3) is 0 Å². The average Bonchev–Trinajstić information content (AvgIpc) is 2.50. The van der Waals surface area contributed by atoms with Crippen LogP contribution in [0, 0.1) is 11.8 Å². The largest absolute Gasteiger partial charge is 0.469 e. The van der Waals surface area contributed by atoms with Gasteiger partial charge in [-0.05, 0) is 18.8 Å². The van der Waals surface area contributed by atoms with E-state index < -0.39 is 0 Å². The normalized spacial score (nSPS) is 29.3. The van der Waals surface area contributed by atoms with Gasteiger partial charge in [-0.3, -0.25) is 4.79 Å². The zero-order chi connectivity index (χ0) is 9.14. The Morgan fingerprint density at radius 3 is 2.67 bits per heavy atom. The zero-order valence-corrected chi connectivity index (χ0v) is 10.1.